The van der Waals surface area contributed by atoms with Crippen molar-refractivity contribution >= 4 is 23.4 Å². The van der Waals surface area contributed by atoms with Gasteiger partial charge in [0.05, 0.1) is 11.0 Å². The Morgan fingerprint density at radius 1 is 1.17 bits per heavy atom. The van der Waals surface area contributed by atoms with Gasteiger partial charge in [0.2, 0.25) is 0 Å². The molecule has 0 aliphatic rings. The van der Waals surface area contributed by atoms with E-state index in [0.29, 0.717) is 12.3 Å². The number of nitrogens with zero attached hydrogens (tertiary/aromatic N) is 1. The second-order valence-electron chi connectivity index (χ2n) is 4.91. The number of amides is 1. The maximum absolute atomic E-state index is 11.7. The first-order valence-electron chi connectivity index (χ1n) is 7.47. The average molecular weight is 346 g/mol. The number of nitro benzene ring substituents is 1. The summed E-state index contributed by atoms with van der Waals surface area (Å²) in [5.41, 5.74) is -0.0640. The summed E-state index contributed by atoms with van der Waals surface area (Å²) in [4.78, 5) is 23.1. The monoisotopic (exact) mass is 346 g/mol. The fourth-order valence-corrected chi connectivity index (χ4v) is 2.77. The molecule has 126 valence electrons. The summed E-state index contributed by atoms with van der Waals surface area (Å²) in [5.74, 6) is 0.973. The van der Waals surface area contributed by atoms with Crippen LogP contribution in [-0.2, 0) is 4.79 Å². The average Bonchev–Trinajstić information content (AvgIpc) is 2.61. The first kappa shape index (κ1) is 17.8. The number of ether oxygens (including phenoxy) is 1. The van der Waals surface area contributed by atoms with Gasteiger partial charge < -0.3 is 10.1 Å². The number of rotatable bonds is 9. The largest absolute Gasteiger partial charge is 0.484 e. The number of hydrogen-bond acceptors (Lipinski definition) is 5. The molecular weight excluding hydrogens is 328 g/mol. The van der Waals surface area contributed by atoms with Crippen molar-refractivity contribution in [2.75, 3.05) is 18.9 Å². The first-order chi connectivity index (χ1) is 11.6. The minimum absolute atomic E-state index is 0.0640. The van der Waals surface area contributed by atoms with E-state index in [0.717, 1.165) is 12.2 Å². The molecule has 0 unspecified atom stereocenters. The number of hydrogen-bond donors (Lipinski definition) is 1. The highest BCUT2D eigenvalue weighted by Gasteiger charge is 2.08. The van der Waals surface area contributed by atoms with Gasteiger partial charge in [0, 0.05) is 17.5 Å². The third-order valence-electron chi connectivity index (χ3n) is 3.05. The molecule has 0 atom stereocenters. The van der Waals surface area contributed by atoms with Crippen LogP contribution in [0.2, 0.25) is 0 Å². The highest BCUT2D eigenvalue weighted by molar-refractivity contribution is 7.99. The Balaban J connectivity index is 1.61. The van der Waals surface area contributed by atoms with E-state index < -0.39 is 4.92 Å². The Morgan fingerprint density at radius 2 is 1.96 bits per heavy atom. The van der Waals surface area contributed by atoms with Crippen molar-refractivity contribution in [3.05, 3.63) is 64.7 Å². The molecule has 0 aliphatic carbocycles. The molecule has 6 nitrogen and oxygen atoms in total. The summed E-state index contributed by atoms with van der Waals surface area (Å²) in [6, 6.07) is 15.8. The molecule has 1 amide bonds. The number of nitro groups is 1. The van der Waals surface area contributed by atoms with Gasteiger partial charge >= 0.3 is 0 Å². The van der Waals surface area contributed by atoms with Crippen molar-refractivity contribution in [2.24, 2.45) is 0 Å². The quantitative estimate of drug-likeness (QED) is 0.326. The van der Waals surface area contributed by atoms with Gasteiger partial charge in [0.1, 0.15) is 5.75 Å². The van der Waals surface area contributed by atoms with E-state index in [9.17, 15) is 14.9 Å². The van der Waals surface area contributed by atoms with Crippen LogP contribution in [0.5, 0.6) is 5.75 Å². The molecule has 0 fully saturated rings. The van der Waals surface area contributed by atoms with Crippen LogP contribution >= 0.6 is 11.8 Å². The van der Waals surface area contributed by atoms with Crippen molar-refractivity contribution < 1.29 is 14.5 Å². The predicted octanol–water partition coefficient (Wildman–Crippen LogP) is 3.27. The Morgan fingerprint density at radius 3 is 2.71 bits per heavy atom. The molecule has 2 aromatic rings. The summed E-state index contributed by atoms with van der Waals surface area (Å²) in [5, 5.41) is 13.4. The van der Waals surface area contributed by atoms with Gasteiger partial charge in [-0.05, 0) is 30.4 Å². The maximum atomic E-state index is 11.7. The molecule has 0 aromatic heterocycles. The molecule has 0 aliphatic heterocycles. The number of nitrogens with one attached hydrogen (secondary N) is 1. The van der Waals surface area contributed by atoms with Crippen molar-refractivity contribution in [3.8, 4) is 5.75 Å². The SMILES string of the molecule is O=C(COc1cccc([N+](=O)[O-])c1)NCCCSc1ccccc1. The summed E-state index contributed by atoms with van der Waals surface area (Å²) < 4.78 is 5.26. The highest BCUT2D eigenvalue weighted by atomic mass is 32.2. The van der Waals surface area contributed by atoms with E-state index >= 15 is 0 Å². The first-order valence-corrected chi connectivity index (χ1v) is 8.45. The molecule has 0 spiro atoms. The van der Waals surface area contributed by atoms with E-state index in [2.05, 4.69) is 17.4 Å². The molecule has 2 rings (SSSR count). The Labute approximate surface area is 144 Å². The minimum Gasteiger partial charge on any atom is -0.484 e. The predicted molar refractivity (Wildman–Crippen MR) is 93.4 cm³/mol. The zero-order chi connectivity index (χ0) is 17.2. The van der Waals surface area contributed by atoms with Crippen molar-refractivity contribution in [1.29, 1.82) is 0 Å². The van der Waals surface area contributed by atoms with Crippen molar-refractivity contribution in [1.82, 2.24) is 5.32 Å². The summed E-state index contributed by atoms with van der Waals surface area (Å²) >= 11 is 1.74. The van der Waals surface area contributed by atoms with E-state index in [1.165, 1.54) is 23.1 Å². The number of carbonyl (C=O) groups excluding carboxylic acids is 1. The van der Waals surface area contributed by atoms with E-state index in [1.807, 2.05) is 18.2 Å². The summed E-state index contributed by atoms with van der Waals surface area (Å²) in [6.45, 7) is 0.407. The van der Waals surface area contributed by atoms with Crippen LogP contribution in [0.1, 0.15) is 6.42 Å². The lowest BCUT2D eigenvalue weighted by Crippen LogP contribution is -2.29. The van der Waals surface area contributed by atoms with Gasteiger partial charge in [-0.25, -0.2) is 0 Å². The number of thioether (sulfide) groups is 1. The third kappa shape index (κ3) is 6.29. The molecular formula is C17H18N2O4S. The van der Waals surface area contributed by atoms with E-state index in [4.69, 9.17) is 4.74 Å². The van der Waals surface area contributed by atoms with Gasteiger partial charge in [-0.1, -0.05) is 24.3 Å². The molecule has 0 saturated heterocycles. The van der Waals surface area contributed by atoms with Crippen LogP contribution in [0.3, 0.4) is 0 Å². The highest BCUT2D eigenvalue weighted by Crippen LogP contribution is 2.19. The van der Waals surface area contributed by atoms with Crippen molar-refractivity contribution in [3.63, 3.8) is 0 Å². The summed E-state index contributed by atoms with van der Waals surface area (Å²) in [7, 11) is 0. The second kappa shape index (κ2) is 9.57. The normalized spacial score (nSPS) is 10.2. The minimum atomic E-state index is -0.503. The molecule has 0 heterocycles. The van der Waals surface area contributed by atoms with E-state index in [-0.39, 0.29) is 18.2 Å². The lowest BCUT2D eigenvalue weighted by Gasteiger charge is -2.07. The zero-order valence-corrected chi connectivity index (χ0v) is 13.8. The third-order valence-corrected chi connectivity index (χ3v) is 4.15. The fraction of sp³-hybridized carbons (Fsp3) is 0.235. The Kier molecular flexibility index (Phi) is 7.10. The zero-order valence-electron chi connectivity index (χ0n) is 13.0. The lowest BCUT2D eigenvalue weighted by atomic mass is 10.3. The van der Waals surface area contributed by atoms with Gasteiger partial charge in [-0.3, -0.25) is 14.9 Å². The molecule has 1 N–H and O–H groups in total. The molecule has 24 heavy (non-hydrogen) atoms. The molecule has 0 saturated carbocycles. The number of benzene rings is 2. The lowest BCUT2D eigenvalue weighted by molar-refractivity contribution is -0.384. The molecule has 0 bridgehead atoms. The van der Waals surface area contributed by atoms with Gasteiger partial charge in [0.25, 0.3) is 11.6 Å². The van der Waals surface area contributed by atoms with Gasteiger partial charge in [-0.2, -0.15) is 0 Å². The fourth-order valence-electron chi connectivity index (χ4n) is 1.89. The van der Waals surface area contributed by atoms with Gasteiger partial charge in [0.15, 0.2) is 6.61 Å². The van der Waals surface area contributed by atoms with Gasteiger partial charge in [-0.15, -0.1) is 11.8 Å². The molecule has 7 heteroatoms. The number of non-ortho nitro benzene ring substituents is 1. The topological polar surface area (TPSA) is 81.5 Å². The number of carbonyl (C=O) groups is 1. The van der Waals surface area contributed by atoms with Crippen LogP contribution in [-0.4, -0.2) is 29.7 Å². The van der Waals surface area contributed by atoms with E-state index in [1.54, 1.807) is 17.8 Å². The molecule has 2 aromatic carbocycles. The van der Waals surface area contributed by atoms with Crippen molar-refractivity contribution in [2.45, 2.75) is 11.3 Å². The summed E-state index contributed by atoms with van der Waals surface area (Å²) in [6.07, 6.45) is 0.849. The van der Waals surface area contributed by atoms with Crippen LogP contribution in [0.25, 0.3) is 0 Å². The van der Waals surface area contributed by atoms with Crippen LogP contribution in [0.15, 0.2) is 59.5 Å². The Bertz CT molecular complexity index is 679. The maximum Gasteiger partial charge on any atom is 0.273 e. The smallest absolute Gasteiger partial charge is 0.273 e. The van der Waals surface area contributed by atoms with Crippen LogP contribution in [0.4, 0.5) is 5.69 Å². The standard InChI is InChI=1S/C17H18N2O4S/c20-17(13-23-15-7-4-6-14(12-15)19(21)22)18-10-5-11-24-16-8-2-1-3-9-16/h1-4,6-9,12H,5,10-11,13H2,(H,18,20). The molecule has 0 radical (unpaired) electrons. The van der Waals surface area contributed by atoms with Crippen LogP contribution in [0, 0.1) is 10.1 Å². The van der Waals surface area contributed by atoms with Crippen LogP contribution < -0.4 is 10.1 Å². The second-order valence-corrected chi connectivity index (χ2v) is 6.08. The Hall–Kier alpha value is -2.54.